The van der Waals surface area contributed by atoms with Crippen molar-refractivity contribution in [2.45, 2.75) is 38.6 Å². The molecular weight excluding hydrogens is 236 g/mol. The van der Waals surface area contributed by atoms with Crippen LogP contribution in [-0.4, -0.2) is 37.0 Å². The Labute approximate surface area is 116 Å². The van der Waals surface area contributed by atoms with Crippen molar-refractivity contribution in [2.24, 2.45) is 0 Å². The van der Waals surface area contributed by atoms with Crippen molar-refractivity contribution in [3.05, 3.63) is 30.3 Å². The second-order valence-corrected chi connectivity index (χ2v) is 5.34. The quantitative estimate of drug-likeness (QED) is 0.834. The van der Waals surface area contributed by atoms with Gasteiger partial charge in [-0.15, -0.1) is 0 Å². The fraction of sp³-hybridized carbons (Fsp3) is 0.562. The summed E-state index contributed by atoms with van der Waals surface area (Å²) in [4.78, 5) is 16.7. The van der Waals surface area contributed by atoms with Gasteiger partial charge < -0.3 is 9.80 Å². The van der Waals surface area contributed by atoms with Gasteiger partial charge in [-0.3, -0.25) is 4.79 Å². The summed E-state index contributed by atoms with van der Waals surface area (Å²) < 4.78 is 0. The summed E-state index contributed by atoms with van der Waals surface area (Å²) in [7, 11) is 2.16. The maximum absolute atomic E-state index is 12.3. The van der Waals surface area contributed by atoms with Gasteiger partial charge >= 0.3 is 0 Å². The van der Waals surface area contributed by atoms with E-state index in [4.69, 9.17) is 0 Å². The maximum atomic E-state index is 12.3. The van der Waals surface area contributed by atoms with Crippen LogP contribution in [0.1, 0.15) is 32.6 Å². The minimum atomic E-state index is 0.237. The monoisotopic (exact) mass is 260 g/mol. The first-order chi connectivity index (χ1) is 9.22. The van der Waals surface area contributed by atoms with E-state index in [0.29, 0.717) is 12.5 Å². The number of hydrogen-bond donors (Lipinski definition) is 0. The molecule has 1 fully saturated rings. The zero-order valence-electron chi connectivity index (χ0n) is 12.0. The molecule has 1 heterocycles. The maximum Gasteiger partial charge on any atom is 0.226 e. The van der Waals surface area contributed by atoms with Crippen molar-refractivity contribution in [1.82, 2.24) is 4.90 Å². The zero-order chi connectivity index (χ0) is 13.7. The molecule has 1 aromatic rings. The van der Waals surface area contributed by atoms with Crippen molar-refractivity contribution in [3.63, 3.8) is 0 Å². The highest BCUT2D eigenvalue weighted by molar-refractivity contribution is 5.93. The van der Waals surface area contributed by atoms with Crippen LogP contribution in [0.4, 0.5) is 5.69 Å². The predicted molar refractivity (Wildman–Crippen MR) is 79.4 cm³/mol. The van der Waals surface area contributed by atoms with Crippen LogP contribution in [0, 0.1) is 0 Å². The lowest BCUT2D eigenvalue weighted by Gasteiger charge is -2.31. The number of benzene rings is 1. The molecular formula is C16H24N2O. The topological polar surface area (TPSA) is 23.6 Å². The van der Waals surface area contributed by atoms with E-state index >= 15 is 0 Å². The fourth-order valence-corrected chi connectivity index (χ4v) is 2.80. The van der Waals surface area contributed by atoms with Gasteiger partial charge in [0.2, 0.25) is 5.91 Å². The van der Waals surface area contributed by atoms with Crippen molar-refractivity contribution in [2.75, 3.05) is 25.0 Å². The standard InChI is InChI=1S/C16H24N2O/c1-3-16(19)18(14-8-5-4-6-9-14)15-10-7-12-17(2)13-11-15/h4-6,8-9,15H,3,7,10-13H2,1-2H3. The number of para-hydroxylation sites is 1. The second-order valence-electron chi connectivity index (χ2n) is 5.34. The zero-order valence-corrected chi connectivity index (χ0v) is 12.0. The fourth-order valence-electron chi connectivity index (χ4n) is 2.80. The Kier molecular flexibility index (Phi) is 4.97. The number of likely N-dealkylation sites (tertiary alicyclic amines) is 1. The number of carbonyl (C=O) groups is 1. The number of amides is 1. The summed E-state index contributed by atoms with van der Waals surface area (Å²) in [5, 5.41) is 0. The minimum absolute atomic E-state index is 0.237. The van der Waals surface area contributed by atoms with E-state index in [2.05, 4.69) is 11.9 Å². The van der Waals surface area contributed by atoms with Crippen molar-refractivity contribution in [1.29, 1.82) is 0 Å². The first-order valence-electron chi connectivity index (χ1n) is 7.28. The van der Waals surface area contributed by atoms with Crippen LogP contribution < -0.4 is 4.90 Å². The summed E-state index contributed by atoms with van der Waals surface area (Å²) in [6, 6.07) is 10.4. The Hall–Kier alpha value is -1.35. The Morgan fingerprint density at radius 3 is 2.68 bits per heavy atom. The molecule has 1 saturated heterocycles. The van der Waals surface area contributed by atoms with Gasteiger partial charge in [-0.1, -0.05) is 25.1 Å². The Morgan fingerprint density at radius 1 is 1.26 bits per heavy atom. The molecule has 1 atom stereocenters. The molecule has 3 nitrogen and oxygen atoms in total. The number of rotatable bonds is 3. The molecule has 1 aromatic carbocycles. The number of anilines is 1. The predicted octanol–water partition coefficient (Wildman–Crippen LogP) is 2.91. The molecule has 3 heteroatoms. The molecule has 0 aromatic heterocycles. The Morgan fingerprint density at radius 2 is 2.00 bits per heavy atom. The molecule has 1 aliphatic rings. The highest BCUT2D eigenvalue weighted by Crippen LogP contribution is 2.24. The van der Waals surface area contributed by atoms with E-state index in [1.54, 1.807) is 0 Å². The summed E-state index contributed by atoms with van der Waals surface area (Å²) in [5.74, 6) is 0.237. The van der Waals surface area contributed by atoms with Crippen LogP contribution in [-0.2, 0) is 4.79 Å². The number of carbonyl (C=O) groups excluding carboxylic acids is 1. The third kappa shape index (κ3) is 3.57. The third-order valence-corrected chi connectivity index (χ3v) is 3.89. The molecule has 1 unspecified atom stereocenters. The highest BCUT2D eigenvalue weighted by atomic mass is 16.2. The highest BCUT2D eigenvalue weighted by Gasteiger charge is 2.25. The molecule has 0 bridgehead atoms. The number of hydrogen-bond acceptors (Lipinski definition) is 2. The first kappa shape index (κ1) is 14.1. The third-order valence-electron chi connectivity index (χ3n) is 3.89. The SMILES string of the molecule is CCC(=O)N(c1ccccc1)C1CCCN(C)CC1. The normalized spacial score (nSPS) is 20.8. The molecule has 0 saturated carbocycles. The van der Waals surface area contributed by atoms with Crippen LogP contribution in [0.15, 0.2) is 30.3 Å². The molecule has 0 radical (unpaired) electrons. The molecule has 104 valence electrons. The smallest absolute Gasteiger partial charge is 0.226 e. The van der Waals surface area contributed by atoms with Gasteiger partial charge in [-0.25, -0.2) is 0 Å². The van der Waals surface area contributed by atoms with E-state index in [9.17, 15) is 4.79 Å². The summed E-state index contributed by atoms with van der Waals surface area (Å²) in [6.07, 6.45) is 3.91. The van der Waals surface area contributed by atoms with Gasteiger partial charge in [0.05, 0.1) is 0 Å². The van der Waals surface area contributed by atoms with E-state index in [0.717, 1.165) is 31.6 Å². The van der Waals surface area contributed by atoms with Gasteiger partial charge in [-0.2, -0.15) is 0 Å². The molecule has 0 aliphatic carbocycles. The van der Waals surface area contributed by atoms with Crippen LogP contribution >= 0.6 is 0 Å². The van der Waals surface area contributed by atoms with Crippen LogP contribution in [0.25, 0.3) is 0 Å². The number of nitrogens with zero attached hydrogens (tertiary/aromatic N) is 2. The van der Waals surface area contributed by atoms with E-state index in [1.807, 2.05) is 42.2 Å². The molecule has 1 amide bonds. The average Bonchev–Trinajstić information content (AvgIpc) is 2.65. The van der Waals surface area contributed by atoms with E-state index in [-0.39, 0.29) is 5.91 Å². The van der Waals surface area contributed by atoms with Crippen molar-refractivity contribution >= 4 is 11.6 Å². The van der Waals surface area contributed by atoms with Crippen molar-refractivity contribution < 1.29 is 4.79 Å². The molecule has 0 N–H and O–H groups in total. The van der Waals surface area contributed by atoms with Gasteiger partial charge in [0.1, 0.15) is 0 Å². The molecule has 1 aliphatic heterocycles. The Bertz CT molecular complexity index is 404. The Balaban J connectivity index is 2.20. The van der Waals surface area contributed by atoms with Gasteiger partial charge in [0.15, 0.2) is 0 Å². The lowest BCUT2D eigenvalue weighted by atomic mass is 10.1. The van der Waals surface area contributed by atoms with Crippen molar-refractivity contribution in [3.8, 4) is 0 Å². The van der Waals surface area contributed by atoms with Gasteiger partial charge in [0.25, 0.3) is 0 Å². The molecule has 2 rings (SSSR count). The molecule has 19 heavy (non-hydrogen) atoms. The largest absolute Gasteiger partial charge is 0.309 e. The van der Waals surface area contributed by atoms with Crippen LogP contribution in [0.3, 0.4) is 0 Å². The van der Waals surface area contributed by atoms with E-state index in [1.165, 1.54) is 6.42 Å². The lowest BCUT2D eigenvalue weighted by Crippen LogP contribution is -2.40. The van der Waals surface area contributed by atoms with Crippen LogP contribution in [0.5, 0.6) is 0 Å². The first-order valence-corrected chi connectivity index (χ1v) is 7.28. The summed E-state index contributed by atoms with van der Waals surface area (Å²) >= 11 is 0. The molecule has 0 spiro atoms. The minimum Gasteiger partial charge on any atom is -0.309 e. The van der Waals surface area contributed by atoms with Crippen LogP contribution in [0.2, 0.25) is 0 Å². The van der Waals surface area contributed by atoms with Gasteiger partial charge in [0, 0.05) is 18.2 Å². The van der Waals surface area contributed by atoms with E-state index < -0.39 is 0 Å². The second kappa shape index (κ2) is 6.71. The lowest BCUT2D eigenvalue weighted by molar-refractivity contribution is -0.118. The van der Waals surface area contributed by atoms with Gasteiger partial charge in [-0.05, 0) is 51.5 Å². The average molecular weight is 260 g/mol. The summed E-state index contributed by atoms with van der Waals surface area (Å²) in [6.45, 7) is 4.16. The summed E-state index contributed by atoms with van der Waals surface area (Å²) in [5.41, 5.74) is 1.05.